The van der Waals surface area contributed by atoms with E-state index in [9.17, 15) is 24.8 Å². The number of aliphatic hydroxyl groups excluding tert-OH is 1. The molecule has 364 valence electrons. The fourth-order valence-electron chi connectivity index (χ4n) is 9.58. The lowest BCUT2D eigenvalue weighted by atomic mass is 9.73. The molecule has 1 aliphatic heterocycles. The Morgan fingerprint density at radius 3 is 1.83 bits per heavy atom. The molecule has 0 spiro atoms. The number of benzene rings is 5. The van der Waals surface area contributed by atoms with Gasteiger partial charge in [0.25, 0.3) is 5.69 Å². The van der Waals surface area contributed by atoms with E-state index in [2.05, 4.69) is 72.3 Å². The minimum atomic E-state index is -1.04. The monoisotopic (exact) mass is 938 g/mol. The lowest BCUT2D eigenvalue weighted by molar-refractivity contribution is -0.384. The summed E-state index contributed by atoms with van der Waals surface area (Å²) in [6.07, 6.45) is 0.684. The molecule has 0 aromatic heterocycles. The number of non-ortho nitro benzene ring substituents is 1. The first-order valence-corrected chi connectivity index (χ1v) is 23.7. The summed E-state index contributed by atoms with van der Waals surface area (Å²) < 4.78 is 23.2. The molecule has 2 atom stereocenters. The van der Waals surface area contributed by atoms with Crippen molar-refractivity contribution >= 4 is 17.6 Å². The second-order valence-corrected chi connectivity index (χ2v) is 17.7. The average molecular weight is 939 g/mol. The zero-order valence-electron chi connectivity index (χ0n) is 40.9. The molecule has 6 rings (SSSR count). The van der Waals surface area contributed by atoms with Crippen molar-refractivity contribution in [3.63, 3.8) is 0 Å². The van der Waals surface area contributed by atoms with Gasteiger partial charge in [0.05, 0.1) is 47.8 Å². The Bertz CT molecular complexity index is 2470. The van der Waals surface area contributed by atoms with Crippen molar-refractivity contribution in [2.24, 2.45) is 0 Å². The summed E-state index contributed by atoms with van der Waals surface area (Å²) in [6, 6.07) is 44.3. The van der Waals surface area contributed by atoms with Gasteiger partial charge in [-0.05, 0) is 82.0 Å². The lowest BCUT2D eigenvalue weighted by Crippen LogP contribution is -2.63. The Kier molecular flexibility index (Phi) is 17.9. The lowest BCUT2D eigenvalue weighted by Gasteiger charge is -2.54. The third-order valence-electron chi connectivity index (χ3n) is 12.5. The van der Waals surface area contributed by atoms with E-state index in [4.69, 9.17) is 18.9 Å². The van der Waals surface area contributed by atoms with E-state index in [1.54, 1.807) is 40.0 Å². The van der Waals surface area contributed by atoms with Crippen molar-refractivity contribution in [2.45, 2.75) is 77.5 Å². The number of hydrogen-bond donors (Lipinski definition) is 2. The molecule has 0 amide bonds. The number of aliphatic hydroxyl groups is 1. The molecule has 1 heterocycles. The van der Waals surface area contributed by atoms with Crippen molar-refractivity contribution in [1.82, 2.24) is 15.1 Å². The van der Waals surface area contributed by atoms with Gasteiger partial charge in [-0.1, -0.05) is 129 Å². The SMILES string of the molecule is CCCCN(CC1=C(C(=O)OCC)C(c2cccc([N+](=O)[O-])c2)C(C(=O)OCC)=C(C)N1)CC(C)(C)N(CC(O)COc1ccccc1OC)C(c1ccccc1)(c1ccccc1)c1ccccc1. The zero-order valence-corrected chi connectivity index (χ0v) is 40.9. The van der Waals surface area contributed by atoms with Gasteiger partial charge in [0.2, 0.25) is 0 Å². The van der Waals surface area contributed by atoms with Gasteiger partial charge in [-0.15, -0.1) is 0 Å². The van der Waals surface area contributed by atoms with Crippen LogP contribution in [0.4, 0.5) is 5.69 Å². The van der Waals surface area contributed by atoms with Crippen LogP contribution in [0.25, 0.3) is 0 Å². The van der Waals surface area contributed by atoms with Crippen LogP contribution in [0.1, 0.15) is 82.6 Å². The van der Waals surface area contributed by atoms with Crippen LogP contribution >= 0.6 is 0 Å². The summed E-state index contributed by atoms with van der Waals surface area (Å²) in [7, 11) is 1.58. The number of allylic oxidation sites excluding steroid dienone is 1. The van der Waals surface area contributed by atoms with E-state index < -0.39 is 40.0 Å². The Balaban J connectivity index is 1.54. The maximum absolute atomic E-state index is 14.5. The van der Waals surface area contributed by atoms with Gasteiger partial charge in [0.15, 0.2) is 11.5 Å². The number of β-amino-alcohol motifs (C(OH)–C–C–N with tert-alkyl or cyclic N) is 1. The number of para-hydroxylation sites is 2. The van der Waals surface area contributed by atoms with Gasteiger partial charge < -0.3 is 29.4 Å². The van der Waals surface area contributed by atoms with Gasteiger partial charge in [0.1, 0.15) is 12.7 Å². The Labute approximate surface area is 406 Å². The van der Waals surface area contributed by atoms with Crippen LogP contribution < -0.4 is 14.8 Å². The maximum atomic E-state index is 14.5. The van der Waals surface area contributed by atoms with E-state index >= 15 is 0 Å². The van der Waals surface area contributed by atoms with Gasteiger partial charge in [0, 0.05) is 48.7 Å². The van der Waals surface area contributed by atoms with Crippen molar-refractivity contribution in [1.29, 1.82) is 0 Å². The molecule has 13 nitrogen and oxygen atoms in total. The Morgan fingerprint density at radius 2 is 1.30 bits per heavy atom. The summed E-state index contributed by atoms with van der Waals surface area (Å²) in [5.41, 5.74) is 2.68. The molecule has 13 heteroatoms. The van der Waals surface area contributed by atoms with E-state index in [0.29, 0.717) is 41.5 Å². The summed E-state index contributed by atoms with van der Waals surface area (Å²) in [5, 5.41) is 27.9. The van der Waals surface area contributed by atoms with Crippen LogP contribution in [0.3, 0.4) is 0 Å². The highest BCUT2D eigenvalue weighted by molar-refractivity contribution is 6.00. The van der Waals surface area contributed by atoms with Crippen LogP contribution in [0.15, 0.2) is 162 Å². The van der Waals surface area contributed by atoms with Crippen molar-refractivity contribution < 1.29 is 38.6 Å². The number of carbonyl (C=O) groups excluding carboxylic acids is 2. The smallest absolute Gasteiger partial charge is 0.336 e. The number of rotatable bonds is 24. The molecule has 69 heavy (non-hydrogen) atoms. The fraction of sp³-hybridized carbons (Fsp3) is 0.357. The van der Waals surface area contributed by atoms with Crippen molar-refractivity contribution in [3.8, 4) is 11.5 Å². The average Bonchev–Trinajstić information content (AvgIpc) is 3.35. The molecular formula is C56H66N4O9. The normalized spacial score (nSPS) is 14.6. The minimum Gasteiger partial charge on any atom is -0.493 e. The number of nitrogens with zero attached hydrogens (tertiary/aromatic N) is 3. The number of unbranched alkanes of at least 4 members (excludes halogenated alkanes) is 1. The number of nitrogens with one attached hydrogen (secondary N) is 1. The van der Waals surface area contributed by atoms with Crippen LogP contribution in [-0.4, -0.2) is 96.5 Å². The molecule has 0 saturated heterocycles. The number of hydrogen-bond acceptors (Lipinski definition) is 12. The summed E-state index contributed by atoms with van der Waals surface area (Å²) in [6.45, 7) is 13.1. The number of methoxy groups -OCH3 is 1. The molecule has 2 unspecified atom stereocenters. The van der Waals surface area contributed by atoms with E-state index in [1.165, 1.54) is 12.1 Å². The Hall–Kier alpha value is -6.80. The molecule has 0 radical (unpaired) electrons. The van der Waals surface area contributed by atoms with Crippen LogP contribution in [0, 0.1) is 10.1 Å². The van der Waals surface area contributed by atoms with Crippen molar-refractivity contribution in [2.75, 3.05) is 53.1 Å². The quantitative estimate of drug-likeness (QED) is 0.0262. The number of nitro groups is 1. The maximum Gasteiger partial charge on any atom is 0.336 e. The second kappa shape index (κ2) is 24.0. The predicted molar refractivity (Wildman–Crippen MR) is 268 cm³/mol. The van der Waals surface area contributed by atoms with Gasteiger partial charge in [-0.3, -0.25) is 19.9 Å². The van der Waals surface area contributed by atoms with E-state index in [-0.39, 0.29) is 49.7 Å². The highest BCUT2D eigenvalue weighted by Gasteiger charge is 2.49. The zero-order chi connectivity index (χ0) is 49.6. The molecule has 5 aromatic rings. The first-order valence-electron chi connectivity index (χ1n) is 23.7. The van der Waals surface area contributed by atoms with Crippen LogP contribution in [-0.2, 0) is 24.6 Å². The summed E-state index contributed by atoms with van der Waals surface area (Å²) in [4.78, 5) is 44.6. The molecule has 0 saturated carbocycles. The molecule has 5 aromatic carbocycles. The molecule has 0 fully saturated rings. The molecule has 0 aliphatic carbocycles. The second-order valence-electron chi connectivity index (χ2n) is 17.7. The van der Waals surface area contributed by atoms with Gasteiger partial charge in [-0.25, -0.2) is 9.59 Å². The topological polar surface area (TPSA) is 153 Å². The molecule has 0 bridgehead atoms. The van der Waals surface area contributed by atoms with Gasteiger partial charge in [-0.2, -0.15) is 0 Å². The molecule has 2 N–H and O–H groups in total. The highest BCUT2D eigenvalue weighted by Crippen LogP contribution is 2.47. The number of esters is 2. The summed E-state index contributed by atoms with van der Waals surface area (Å²) >= 11 is 0. The third kappa shape index (κ3) is 11.9. The number of nitro benzene ring substituents is 1. The van der Waals surface area contributed by atoms with Crippen molar-refractivity contribution in [3.05, 3.63) is 194 Å². The van der Waals surface area contributed by atoms with Gasteiger partial charge >= 0.3 is 11.9 Å². The fourth-order valence-corrected chi connectivity index (χ4v) is 9.58. The van der Waals surface area contributed by atoms with Crippen LogP contribution in [0.2, 0.25) is 0 Å². The van der Waals surface area contributed by atoms with E-state index in [1.807, 2.05) is 78.9 Å². The minimum absolute atomic E-state index is 0.0336. The number of ether oxygens (including phenoxy) is 4. The number of carbonyl (C=O) groups is 2. The largest absolute Gasteiger partial charge is 0.493 e. The predicted octanol–water partition coefficient (Wildman–Crippen LogP) is 9.56. The van der Waals surface area contributed by atoms with E-state index in [0.717, 1.165) is 29.5 Å². The first kappa shape index (κ1) is 51.6. The first-order chi connectivity index (χ1) is 33.3. The molecule has 1 aliphatic rings. The third-order valence-corrected chi connectivity index (χ3v) is 12.5. The summed E-state index contributed by atoms with van der Waals surface area (Å²) in [5.74, 6) is -1.28. The standard InChI is InChI=1S/C56H66N4O9/c1-8-11-34-58(37-47-52(54(63)68-10-3)51(41-24-23-31-45(35-41)60(64)65)50(40(4)57-47)53(62)67-9-2)39-55(5,6)59(36-46(61)38-69-49-33-22-21-32-48(49)66-7)56(42-25-15-12-16-26-42,43-27-17-13-18-28-43)44-29-19-14-20-30-44/h12-33,35,46,51,57,61H,8-11,34,36-39H2,1-7H3. The van der Waals surface area contributed by atoms with Crippen LogP contribution in [0.5, 0.6) is 11.5 Å². The molecular weight excluding hydrogens is 873 g/mol. The highest BCUT2D eigenvalue weighted by atomic mass is 16.6. The Morgan fingerprint density at radius 1 is 0.768 bits per heavy atom. The number of dihydropyridines is 1.